The van der Waals surface area contributed by atoms with E-state index in [2.05, 4.69) is 10.6 Å². The highest BCUT2D eigenvalue weighted by Crippen LogP contribution is 2.65. The van der Waals surface area contributed by atoms with Crippen LogP contribution in [0.3, 0.4) is 0 Å². The molecule has 0 aromatic carbocycles. The summed E-state index contributed by atoms with van der Waals surface area (Å²) in [6.45, 7) is 6.99. The van der Waals surface area contributed by atoms with Crippen LogP contribution in [-0.2, 0) is 19.2 Å². The molecule has 0 aromatic heterocycles. The van der Waals surface area contributed by atoms with Crippen LogP contribution in [0.4, 0.5) is 26.3 Å². The highest BCUT2D eigenvalue weighted by Gasteiger charge is 2.72. The van der Waals surface area contributed by atoms with Crippen molar-refractivity contribution in [1.82, 2.24) is 20.9 Å². The van der Waals surface area contributed by atoms with Gasteiger partial charge in [0.15, 0.2) is 0 Å². The van der Waals surface area contributed by atoms with Crippen LogP contribution in [0.25, 0.3) is 0 Å². The molecule has 0 radical (unpaired) electrons. The first kappa shape index (κ1) is 30.9. The summed E-state index contributed by atoms with van der Waals surface area (Å²) in [5.41, 5.74) is -3.93. The van der Waals surface area contributed by atoms with E-state index in [1.807, 2.05) is 6.07 Å². The molecule has 9 nitrogen and oxygen atoms in total. The fourth-order valence-corrected chi connectivity index (χ4v) is 6.99. The van der Waals surface area contributed by atoms with Gasteiger partial charge in [0.25, 0.3) is 0 Å². The zero-order chi connectivity index (χ0) is 30.9. The summed E-state index contributed by atoms with van der Waals surface area (Å²) in [5, 5.41) is 16.3. The minimum absolute atomic E-state index is 0.0111. The maximum absolute atomic E-state index is 14.2. The number of likely N-dealkylation sites (tertiary alicyclic amines) is 1. The highest BCUT2D eigenvalue weighted by molar-refractivity contribution is 5.95. The number of piperidine rings is 1. The van der Waals surface area contributed by atoms with E-state index in [0.717, 1.165) is 4.90 Å². The van der Waals surface area contributed by atoms with Crippen molar-refractivity contribution in [1.29, 1.82) is 5.26 Å². The normalized spacial score (nSPS) is 30.7. The number of hydrogen-bond donors (Lipinski definition) is 3. The lowest BCUT2D eigenvalue weighted by atomic mass is 9.62. The first-order chi connectivity index (χ1) is 18.7. The zero-order valence-corrected chi connectivity index (χ0v) is 23.0. The van der Waals surface area contributed by atoms with Crippen LogP contribution in [0.15, 0.2) is 0 Å². The molecular formula is C26H33F6N5O4. The van der Waals surface area contributed by atoms with Crippen LogP contribution in [-0.4, -0.2) is 71.1 Å². The fourth-order valence-electron chi connectivity index (χ4n) is 6.99. The van der Waals surface area contributed by atoms with E-state index in [1.54, 1.807) is 27.7 Å². The van der Waals surface area contributed by atoms with E-state index in [1.165, 1.54) is 5.32 Å². The number of nitrogens with one attached hydrogen (secondary N) is 3. The first-order valence-electron chi connectivity index (χ1n) is 13.4. The Kier molecular flexibility index (Phi) is 7.36. The summed E-state index contributed by atoms with van der Waals surface area (Å²) < 4.78 is 82.0. The van der Waals surface area contributed by atoms with Gasteiger partial charge in [0.1, 0.15) is 18.1 Å². The third kappa shape index (κ3) is 5.34. The van der Waals surface area contributed by atoms with Gasteiger partial charge >= 0.3 is 18.3 Å². The van der Waals surface area contributed by atoms with Crippen LogP contribution in [0.1, 0.15) is 59.8 Å². The fraction of sp³-hybridized carbons (Fsp3) is 0.808. The highest BCUT2D eigenvalue weighted by atomic mass is 19.4. The summed E-state index contributed by atoms with van der Waals surface area (Å²) in [7, 11) is 0. The summed E-state index contributed by atoms with van der Waals surface area (Å²) in [4.78, 5) is 52.1. The molecule has 4 aliphatic rings. The molecule has 4 rings (SSSR count). The number of carbonyl (C=O) groups excluding carboxylic acids is 4. The summed E-state index contributed by atoms with van der Waals surface area (Å²) in [5.74, 6) is -6.70. The minimum atomic E-state index is -5.54. The Morgan fingerprint density at radius 1 is 1.10 bits per heavy atom. The maximum atomic E-state index is 14.2. The second kappa shape index (κ2) is 9.76. The van der Waals surface area contributed by atoms with Gasteiger partial charge in [-0.15, -0.1) is 0 Å². The standard InChI is InChI=1S/C26H33F6N5O4/c1-22(2)9-12(18(38)36-22)8-13(10-33)34-19(39)16-15-14(23(15,3)4)11-37(16)20(40)17(35-21(41)25(27,28)29)24(6-5-7-24)26(30,31)32/h12-17H,5-9,11H2,1-4H3,(H,34,39)(H,35,41)(H,36,38)/t12-,13+,14+,15+,16+,17?/m1/s1. The molecule has 0 aromatic rings. The molecule has 2 heterocycles. The van der Waals surface area contributed by atoms with Gasteiger partial charge in [-0.25, -0.2) is 0 Å². The molecule has 4 amide bonds. The monoisotopic (exact) mass is 593 g/mol. The number of carbonyl (C=O) groups is 4. The van der Waals surface area contributed by atoms with Gasteiger partial charge in [-0.3, -0.25) is 19.2 Å². The maximum Gasteiger partial charge on any atom is 0.471 e. The van der Waals surface area contributed by atoms with Gasteiger partial charge in [0.2, 0.25) is 17.7 Å². The SMILES string of the molecule is CC1(C)C[C@@H](C[C@@H](C#N)NC(=O)[C@@H]2[C@@H]3[C@H](CN2C(=O)C(NC(=O)C(F)(F)F)C2(C(F)(F)F)CCC2)C3(C)C)C(=O)N1. The number of rotatable bonds is 7. The molecule has 2 aliphatic carbocycles. The first-order valence-corrected chi connectivity index (χ1v) is 13.4. The Bertz CT molecular complexity index is 1170. The van der Waals surface area contributed by atoms with Crippen molar-refractivity contribution in [3.63, 3.8) is 0 Å². The average molecular weight is 594 g/mol. The number of hydrogen-bond acceptors (Lipinski definition) is 5. The number of alkyl halides is 6. The molecule has 3 N–H and O–H groups in total. The average Bonchev–Trinajstić information content (AvgIpc) is 3.08. The third-order valence-electron chi connectivity index (χ3n) is 9.48. The summed E-state index contributed by atoms with van der Waals surface area (Å²) in [6, 6.07) is -3.22. The van der Waals surface area contributed by atoms with Crippen LogP contribution in [0, 0.1) is 39.9 Å². The Labute approximate surface area is 232 Å². The van der Waals surface area contributed by atoms with Gasteiger partial charge in [0, 0.05) is 18.0 Å². The number of nitrogens with zero attached hydrogens (tertiary/aromatic N) is 2. The largest absolute Gasteiger partial charge is 0.471 e. The predicted molar refractivity (Wildman–Crippen MR) is 129 cm³/mol. The van der Waals surface area contributed by atoms with Gasteiger partial charge in [-0.1, -0.05) is 20.3 Å². The van der Waals surface area contributed by atoms with Gasteiger partial charge in [-0.2, -0.15) is 31.6 Å². The molecule has 6 atom stereocenters. The molecule has 2 saturated carbocycles. The lowest BCUT2D eigenvalue weighted by Gasteiger charge is -2.49. The lowest BCUT2D eigenvalue weighted by molar-refractivity contribution is -0.262. The molecule has 2 saturated heterocycles. The predicted octanol–water partition coefficient (Wildman–Crippen LogP) is 2.56. The van der Waals surface area contributed by atoms with Gasteiger partial charge < -0.3 is 20.9 Å². The second-order valence-electron chi connectivity index (χ2n) is 13.0. The topological polar surface area (TPSA) is 131 Å². The Morgan fingerprint density at radius 3 is 2.15 bits per heavy atom. The number of amides is 4. The lowest BCUT2D eigenvalue weighted by Crippen LogP contribution is -2.67. The molecule has 41 heavy (non-hydrogen) atoms. The molecule has 15 heteroatoms. The third-order valence-corrected chi connectivity index (χ3v) is 9.48. The van der Waals surface area contributed by atoms with Gasteiger partial charge in [-0.05, 0) is 56.8 Å². The van der Waals surface area contributed by atoms with Crippen molar-refractivity contribution < 1.29 is 45.5 Å². The van der Waals surface area contributed by atoms with Crippen LogP contribution in [0.2, 0.25) is 0 Å². The van der Waals surface area contributed by atoms with E-state index in [4.69, 9.17) is 0 Å². The summed E-state index contributed by atoms with van der Waals surface area (Å²) in [6.07, 6.45) is -11.6. The Balaban J connectivity index is 1.60. The molecule has 2 aliphatic heterocycles. The van der Waals surface area contributed by atoms with E-state index in [-0.39, 0.29) is 31.2 Å². The van der Waals surface area contributed by atoms with Crippen molar-refractivity contribution in [3.8, 4) is 6.07 Å². The van der Waals surface area contributed by atoms with E-state index in [9.17, 15) is 50.8 Å². The van der Waals surface area contributed by atoms with E-state index >= 15 is 0 Å². The van der Waals surface area contributed by atoms with E-state index < -0.39 is 89.2 Å². The molecular weight excluding hydrogens is 560 g/mol. The Morgan fingerprint density at radius 2 is 1.71 bits per heavy atom. The van der Waals surface area contributed by atoms with Crippen molar-refractivity contribution in [2.24, 2.45) is 28.6 Å². The van der Waals surface area contributed by atoms with Crippen LogP contribution in [0.5, 0.6) is 0 Å². The number of nitriles is 1. The van der Waals surface area contributed by atoms with Gasteiger partial charge in [0.05, 0.1) is 11.5 Å². The van der Waals surface area contributed by atoms with Crippen LogP contribution < -0.4 is 16.0 Å². The van der Waals surface area contributed by atoms with Crippen molar-refractivity contribution in [3.05, 3.63) is 0 Å². The number of halogens is 6. The quantitative estimate of drug-likeness (QED) is 0.391. The molecule has 0 bridgehead atoms. The molecule has 228 valence electrons. The summed E-state index contributed by atoms with van der Waals surface area (Å²) >= 11 is 0. The molecule has 0 spiro atoms. The molecule has 1 unspecified atom stereocenters. The smallest absolute Gasteiger partial charge is 0.351 e. The van der Waals surface area contributed by atoms with Crippen molar-refractivity contribution in [2.75, 3.05) is 6.54 Å². The van der Waals surface area contributed by atoms with Crippen molar-refractivity contribution >= 4 is 23.6 Å². The van der Waals surface area contributed by atoms with Crippen LogP contribution >= 0.6 is 0 Å². The zero-order valence-electron chi connectivity index (χ0n) is 23.0. The Hall–Kier alpha value is -3.05. The molecule has 4 fully saturated rings. The van der Waals surface area contributed by atoms with Crippen molar-refractivity contribution in [2.45, 2.75) is 95.8 Å². The minimum Gasteiger partial charge on any atom is -0.351 e. The second-order valence-corrected chi connectivity index (χ2v) is 13.0. The number of fused-ring (bicyclic) bond motifs is 1. The van der Waals surface area contributed by atoms with E-state index in [0.29, 0.717) is 6.42 Å².